The summed E-state index contributed by atoms with van der Waals surface area (Å²) in [6.45, 7) is 2.94. The molecule has 3 atom stereocenters. The van der Waals surface area contributed by atoms with Crippen LogP contribution in [0.4, 0.5) is 5.69 Å². The van der Waals surface area contributed by atoms with Gasteiger partial charge in [-0.05, 0) is 41.7 Å². The van der Waals surface area contributed by atoms with Gasteiger partial charge in [0.1, 0.15) is 5.54 Å². The van der Waals surface area contributed by atoms with Crippen LogP contribution in [0.1, 0.15) is 53.9 Å². The second-order valence-corrected chi connectivity index (χ2v) is 14.3. The van der Waals surface area contributed by atoms with Crippen LogP contribution in [0.25, 0.3) is 0 Å². The Bertz CT molecular complexity index is 1500. The van der Waals surface area contributed by atoms with Gasteiger partial charge in [0, 0.05) is 43.9 Å². The molecule has 0 aliphatic carbocycles. The lowest BCUT2D eigenvalue weighted by Gasteiger charge is -2.45. The zero-order valence-electron chi connectivity index (χ0n) is 25.2. The van der Waals surface area contributed by atoms with Gasteiger partial charge < -0.3 is 35.0 Å². The van der Waals surface area contributed by atoms with Gasteiger partial charge in [0.2, 0.25) is 5.91 Å². The first-order valence-corrected chi connectivity index (χ1v) is 16.6. The average molecular weight is 688 g/mol. The molecule has 244 valence electrons. The van der Waals surface area contributed by atoms with Crippen LogP contribution < -0.4 is 15.5 Å². The van der Waals surface area contributed by atoms with Crippen molar-refractivity contribution in [1.29, 1.82) is 0 Å². The van der Waals surface area contributed by atoms with Crippen LogP contribution in [-0.2, 0) is 32.2 Å². The number of aliphatic hydroxyl groups is 1. The molecule has 3 N–H and O–H groups in total. The number of alkyl halides is 3. The van der Waals surface area contributed by atoms with Gasteiger partial charge >= 0.3 is 0 Å². The number of hydrogen-bond acceptors (Lipinski definition) is 7. The summed E-state index contributed by atoms with van der Waals surface area (Å²) >= 11 is 17.0. The van der Waals surface area contributed by atoms with Gasteiger partial charge in [-0.25, -0.2) is 0 Å². The molecule has 3 fully saturated rings. The van der Waals surface area contributed by atoms with Crippen LogP contribution in [-0.4, -0.2) is 63.6 Å². The van der Waals surface area contributed by atoms with E-state index in [-0.39, 0.29) is 31.3 Å². The number of hydrogen-bond donors (Lipinski definition) is 3. The monoisotopic (exact) mass is 686 g/mol. The Hall–Kier alpha value is -2.89. The van der Waals surface area contributed by atoms with E-state index in [1.54, 1.807) is 0 Å². The van der Waals surface area contributed by atoms with E-state index in [0.717, 1.165) is 53.9 Å². The van der Waals surface area contributed by atoms with Crippen LogP contribution in [0.2, 0.25) is 0 Å². The highest BCUT2D eigenvalue weighted by Crippen LogP contribution is 2.40. The number of ether oxygens (including phenoxy) is 2. The van der Waals surface area contributed by atoms with Gasteiger partial charge in [-0.1, -0.05) is 102 Å². The lowest BCUT2D eigenvalue weighted by Crippen LogP contribution is -2.57. The standard InChI is InChI=1S/C34H37Cl3N4O5/c35-34(36,37)32(44)38-19-23-6-12-26(13-7-23)30-45-28(18-29(46-30)25-10-8-24(21-42)9-11-25)20-40-16-14-33(15-17-40)31(43)39-22-41(33)27-4-2-1-3-5-27/h1-13,28-30,42H,14-22H2,(H,38,44)(H,39,43)/t28-,29+,30+/m0/s1. The Labute approximate surface area is 283 Å². The minimum atomic E-state index is -2.02. The fourth-order valence-electron chi connectivity index (χ4n) is 6.53. The van der Waals surface area contributed by atoms with E-state index in [1.807, 2.05) is 66.7 Å². The van der Waals surface area contributed by atoms with Crippen molar-refractivity contribution in [3.05, 3.63) is 101 Å². The molecule has 2 amide bonds. The van der Waals surface area contributed by atoms with Crippen LogP contribution >= 0.6 is 34.8 Å². The number of piperidine rings is 1. The quantitative estimate of drug-likeness (QED) is 0.282. The Morgan fingerprint density at radius 1 is 0.935 bits per heavy atom. The molecule has 1 spiro atoms. The summed E-state index contributed by atoms with van der Waals surface area (Å²) in [6.07, 6.45) is 1.16. The van der Waals surface area contributed by atoms with E-state index in [1.165, 1.54) is 0 Å². The number of para-hydroxylation sites is 1. The summed E-state index contributed by atoms with van der Waals surface area (Å²) in [6, 6.07) is 25.5. The minimum Gasteiger partial charge on any atom is -0.392 e. The van der Waals surface area contributed by atoms with Crippen LogP contribution in [0.5, 0.6) is 0 Å². The van der Waals surface area contributed by atoms with E-state index in [2.05, 4.69) is 32.6 Å². The molecular formula is C34H37Cl3N4O5. The first-order chi connectivity index (χ1) is 22.1. The molecule has 0 unspecified atom stereocenters. The van der Waals surface area contributed by atoms with E-state index >= 15 is 0 Å². The molecule has 3 aliphatic heterocycles. The number of benzene rings is 3. The average Bonchev–Trinajstić information content (AvgIpc) is 3.39. The van der Waals surface area contributed by atoms with Crippen LogP contribution in [0.3, 0.4) is 0 Å². The molecule has 0 saturated carbocycles. The highest BCUT2D eigenvalue weighted by atomic mass is 35.6. The molecule has 46 heavy (non-hydrogen) atoms. The van der Waals surface area contributed by atoms with Gasteiger partial charge in [-0.2, -0.15) is 0 Å². The first kappa shape index (κ1) is 33.0. The lowest BCUT2D eigenvalue weighted by atomic mass is 9.85. The molecule has 3 saturated heterocycles. The predicted octanol–water partition coefficient (Wildman–Crippen LogP) is 5.14. The van der Waals surface area contributed by atoms with Crippen molar-refractivity contribution in [1.82, 2.24) is 15.5 Å². The Balaban J connectivity index is 1.14. The third-order valence-corrected chi connectivity index (χ3v) is 9.64. The molecule has 12 heteroatoms. The number of nitrogens with zero attached hydrogens (tertiary/aromatic N) is 2. The number of carbonyl (C=O) groups is 2. The van der Waals surface area contributed by atoms with Crippen molar-refractivity contribution < 1.29 is 24.2 Å². The summed E-state index contributed by atoms with van der Waals surface area (Å²) in [5.41, 5.74) is 4.03. The maximum Gasteiger partial charge on any atom is 0.272 e. The number of aliphatic hydroxyl groups excluding tert-OH is 1. The van der Waals surface area contributed by atoms with Gasteiger partial charge in [0.05, 0.1) is 25.5 Å². The number of halogens is 3. The third-order valence-electron chi connectivity index (χ3n) is 9.13. The summed E-state index contributed by atoms with van der Waals surface area (Å²) in [4.78, 5) is 29.7. The highest BCUT2D eigenvalue weighted by Gasteiger charge is 2.50. The minimum absolute atomic E-state index is 0.0230. The van der Waals surface area contributed by atoms with Gasteiger partial charge in [0.15, 0.2) is 6.29 Å². The first-order valence-electron chi connectivity index (χ1n) is 15.4. The molecule has 3 heterocycles. The zero-order valence-corrected chi connectivity index (χ0v) is 27.5. The lowest BCUT2D eigenvalue weighted by molar-refractivity contribution is -0.253. The highest BCUT2D eigenvalue weighted by molar-refractivity contribution is 6.76. The number of anilines is 1. The van der Waals surface area contributed by atoms with Gasteiger partial charge in [-0.3, -0.25) is 9.59 Å². The molecular weight excluding hydrogens is 651 g/mol. The molecule has 0 radical (unpaired) electrons. The molecule has 3 aromatic rings. The van der Waals surface area contributed by atoms with E-state index < -0.39 is 21.5 Å². The second kappa shape index (κ2) is 14.1. The Morgan fingerprint density at radius 2 is 1.59 bits per heavy atom. The van der Waals surface area contributed by atoms with Crippen LogP contribution in [0.15, 0.2) is 78.9 Å². The van der Waals surface area contributed by atoms with Crippen molar-refractivity contribution in [2.24, 2.45) is 0 Å². The molecule has 0 aromatic heterocycles. The second-order valence-electron chi connectivity index (χ2n) is 12.0. The molecule has 9 nitrogen and oxygen atoms in total. The fourth-order valence-corrected chi connectivity index (χ4v) is 6.73. The smallest absolute Gasteiger partial charge is 0.272 e. The summed E-state index contributed by atoms with van der Waals surface area (Å²) in [5, 5.41) is 15.2. The number of likely N-dealkylation sites (tertiary alicyclic amines) is 1. The fraction of sp³-hybridized carbons (Fsp3) is 0.412. The van der Waals surface area contributed by atoms with Crippen molar-refractivity contribution in [3.8, 4) is 0 Å². The summed E-state index contributed by atoms with van der Waals surface area (Å²) < 4.78 is 11.0. The molecule has 3 aliphatic rings. The maximum absolute atomic E-state index is 13.2. The molecule has 6 rings (SSSR count). The Kier molecular flexibility index (Phi) is 10.1. The molecule has 3 aromatic carbocycles. The Morgan fingerprint density at radius 3 is 2.24 bits per heavy atom. The molecule has 0 bridgehead atoms. The normalized spacial score (nSPS) is 23.3. The summed E-state index contributed by atoms with van der Waals surface area (Å²) in [5.74, 6) is -0.594. The maximum atomic E-state index is 13.2. The van der Waals surface area contributed by atoms with Crippen molar-refractivity contribution in [2.75, 3.05) is 31.2 Å². The van der Waals surface area contributed by atoms with E-state index in [9.17, 15) is 14.7 Å². The van der Waals surface area contributed by atoms with E-state index in [4.69, 9.17) is 44.3 Å². The van der Waals surface area contributed by atoms with Crippen molar-refractivity contribution in [2.45, 2.75) is 60.2 Å². The number of nitrogens with one attached hydrogen (secondary N) is 2. The third kappa shape index (κ3) is 7.31. The number of carbonyl (C=O) groups excluding carboxylic acids is 2. The predicted molar refractivity (Wildman–Crippen MR) is 177 cm³/mol. The van der Waals surface area contributed by atoms with Crippen molar-refractivity contribution in [3.63, 3.8) is 0 Å². The SMILES string of the molecule is O=C(NCc1ccc([C@@H]2O[C@H](CN3CCC4(CC3)C(=O)NCN4c3ccccc3)C[C@H](c3ccc(CO)cc3)O2)cc1)C(Cl)(Cl)Cl. The zero-order chi connectivity index (χ0) is 32.3. The van der Waals surface area contributed by atoms with E-state index in [0.29, 0.717) is 19.6 Å². The largest absolute Gasteiger partial charge is 0.392 e. The number of amides is 2. The van der Waals surface area contributed by atoms with Crippen LogP contribution in [0, 0.1) is 0 Å². The number of rotatable bonds is 8. The van der Waals surface area contributed by atoms with Crippen molar-refractivity contribution >= 4 is 52.3 Å². The summed E-state index contributed by atoms with van der Waals surface area (Å²) in [7, 11) is 0. The topological polar surface area (TPSA) is 103 Å². The van der Waals surface area contributed by atoms with Gasteiger partial charge in [0.25, 0.3) is 9.70 Å². The van der Waals surface area contributed by atoms with Gasteiger partial charge in [-0.15, -0.1) is 0 Å².